The summed E-state index contributed by atoms with van der Waals surface area (Å²) in [6.07, 6.45) is 4.82. The highest BCUT2D eigenvalue weighted by molar-refractivity contribution is 5.90. The SMILES string of the molecule is CCCCC(CC)=C(C(=O)OCC)C(N)CC. The maximum atomic E-state index is 11.9. The standard InChI is InChI=1S/C14H27NO2/c1-5-9-10-11(6-2)13(12(15)7-3)14(16)17-8-4/h12H,5-10,15H2,1-4H3. The minimum Gasteiger partial charge on any atom is -0.463 e. The first-order valence-electron chi connectivity index (χ1n) is 6.76. The molecule has 0 aromatic carbocycles. The molecule has 0 aromatic rings. The molecule has 3 heteroatoms. The fraction of sp³-hybridized carbons (Fsp3) is 0.786. The van der Waals surface area contributed by atoms with Crippen molar-refractivity contribution >= 4 is 5.97 Å². The molecule has 0 radical (unpaired) electrons. The zero-order valence-electron chi connectivity index (χ0n) is 11.7. The van der Waals surface area contributed by atoms with Gasteiger partial charge in [-0.15, -0.1) is 0 Å². The third-order valence-corrected chi connectivity index (χ3v) is 2.95. The van der Waals surface area contributed by atoms with Crippen molar-refractivity contribution in [3.8, 4) is 0 Å². The number of unbranched alkanes of at least 4 members (excludes halogenated alkanes) is 1. The van der Waals surface area contributed by atoms with Crippen LogP contribution in [-0.2, 0) is 9.53 Å². The van der Waals surface area contributed by atoms with Crippen molar-refractivity contribution in [3.05, 3.63) is 11.1 Å². The zero-order valence-corrected chi connectivity index (χ0v) is 11.7. The van der Waals surface area contributed by atoms with Crippen LogP contribution < -0.4 is 5.73 Å². The lowest BCUT2D eigenvalue weighted by atomic mass is 9.94. The van der Waals surface area contributed by atoms with E-state index in [1.807, 2.05) is 13.8 Å². The average molecular weight is 241 g/mol. The predicted octanol–water partition coefficient (Wildman–Crippen LogP) is 3.18. The number of carbonyl (C=O) groups is 1. The maximum absolute atomic E-state index is 11.9. The molecule has 1 unspecified atom stereocenters. The highest BCUT2D eigenvalue weighted by atomic mass is 16.5. The number of hydrogen-bond acceptors (Lipinski definition) is 3. The Balaban J connectivity index is 5.06. The van der Waals surface area contributed by atoms with Crippen LogP contribution in [0.4, 0.5) is 0 Å². The first kappa shape index (κ1) is 16.2. The highest BCUT2D eigenvalue weighted by Crippen LogP contribution is 2.21. The van der Waals surface area contributed by atoms with Crippen LogP contribution in [0.25, 0.3) is 0 Å². The smallest absolute Gasteiger partial charge is 0.335 e. The van der Waals surface area contributed by atoms with Crippen LogP contribution in [0.1, 0.15) is 59.8 Å². The second-order valence-electron chi connectivity index (χ2n) is 4.21. The topological polar surface area (TPSA) is 52.3 Å². The molecule has 0 aliphatic heterocycles. The number of allylic oxidation sites excluding steroid dienone is 1. The Morgan fingerprint density at radius 2 is 1.88 bits per heavy atom. The molecular formula is C14H27NO2. The van der Waals surface area contributed by atoms with Gasteiger partial charge in [0.2, 0.25) is 0 Å². The fourth-order valence-corrected chi connectivity index (χ4v) is 1.86. The van der Waals surface area contributed by atoms with E-state index in [1.54, 1.807) is 0 Å². The normalized spacial score (nSPS) is 14.2. The molecule has 1 atom stereocenters. The van der Waals surface area contributed by atoms with Crippen molar-refractivity contribution < 1.29 is 9.53 Å². The monoisotopic (exact) mass is 241 g/mol. The van der Waals surface area contributed by atoms with E-state index in [0.717, 1.165) is 32.1 Å². The van der Waals surface area contributed by atoms with Crippen molar-refractivity contribution in [1.82, 2.24) is 0 Å². The lowest BCUT2D eigenvalue weighted by molar-refractivity contribution is -0.138. The molecule has 0 fully saturated rings. The van der Waals surface area contributed by atoms with E-state index in [4.69, 9.17) is 10.5 Å². The molecule has 0 rings (SSSR count). The van der Waals surface area contributed by atoms with Gasteiger partial charge in [-0.1, -0.05) is 32.8 Å². The van der Waals surface area contributed by atoms with Gasteiger partial charge in [0.05, 0.1) is 12.2 Å². The van der Waals surface area contributed by atoms with Crippen LogP contribution in [0, 0.1) is 0 Å². The molecule has 0 saturated heterocycles. The van der Waals surface area contributed by atoms with E-state index in [0.29, 0.717) is 12.2 Å². The third-order valence-electron chi connectivity index (χ3n) is 2.95. The minimum absolute atomic E-state index is 0.194. The molecule has 0 aliphatic rings. The van der Waals surface area contributed by atoms with Crippen molar-refractivity contribution in [2.24, 2.45) is 5.73 Å². The summed E-state index contributed by atoms with van der Waals surface area (Å²) in [5.74, 6) is -0.227. The van der Waals surface area contributed by atoms with Gasteiger partial charge in [-0.05, 0) is 32.6 Å². The Hall–Kier alpha value is -0.830. The van der Waals surface area contributed by atoms with Crippen LogP contribution in [0.3, 0.4) is 0 Å². The first-order chi connectivity index (χ1) is 8.12. The van der Waals surface area contributed by atoms with Crippen LogP contribution in [0.15, 0.2) is 11.1 Å². The molecule has 3 nitrogen and oxygen atoms in total. The van der Waals surface area contributed by atoms with Gasteiger partial charge in [-0.2, -0.15) is 0 Å². The van der Waals surface area contributed by atoms with E-state index in [-0.39, 0.29) is 12.0 Å². The molecule has 0 aromatic heterocycles. The van der Waals surface area contributed by atoms with E-state index in [9.17, 15) is 4.79 Å². The molecule has 100 valence electrons. The van der Waals surface area contributed by atoms with Gasteiger partial charge in [0.25, 0.3) is 0 Å². The molecule has 0 aliphatic carbocycles. The van der Waals surface area contributed by atoms with Crippen LogP contribution in [0.5, 0.6) is 0 Å². The Morgan fingerprint density at radius 1 is 1.24 bits per heavy atom. The summed E-state index contributed by atoms with van der Waals surface area (Å²) in [6, 6.07) is -0.194. The predicted molar refractivity (Wildman–Crippen MR) is 71.7 cm³/mol. The Kier molecular flexibility index (Phi) is 8.78. The molecule has 0 heterocycles. The van der Waals surface area contributed by atoms with E-state index < -0.39 is 0 Å². The summed E-state index contributed by atoms with van der Waals surface area (Å²) in [4.78, 5) is 11.9. The number of esters is 1. The van der Waals surface area contributed by atoms with Crippen LogP contribution in [0.2, 0.25) is 0 Å². The van der Waals surface area contributed by atoms with Gasteiger partial charge >= 0.3 is 5.97 Å². The number of nitrogens with two attached hydrogens (primary N) is 1. The van der Waals surface area contributed by atoms with E-state index in [1.165, 1.54) is 5.57 Å². The van der Waals surface area contributed by atoms with Crippen molar-refractivity contribution in [1.29, 1.82) is 0 Å². The molecule has 0 amide bonds. The molecule has 0 bridgehead atoms. The summed E-state index contributed by atoms with van der Waals surface area (Å²) >= 11 is 0. The van der Waals surface area contributed by atoms with E-state index in [2.05, 4.69) is 13.8 Å². The van der Waals surface area contributed by atoms with Gasteiger partial charge in [0, 0.05) is 6.04 Å². The zero-order chi connectivity index (χ0) is 13.3. The number of hydrogen-bond donors (Lipinski definition) is 1. The van der Waals surface area contributed by atoms with Crippen molar-refractivity contribution in [2.75, 3.05) is 6.61 Å². The van der Waals surface area contributed by atoms with Gasteiger partial charge in [0.15, 0.2) is 0 Å². The number of ether oxygens (including phenoxy) is 1. The molecule has 17 heavy (non-hydrogen) atoms. The Bertz CT molecular complexity index is 259. The molecular weight excluding hydrogens is 214 g/mol. The van der Waals surface area contributed by atoms with Gasteiger partial charge in [0.1, 0.15) is 0 Å². The first-order valence-corrected chi connectivity index (χ1v) is 6.76. The lowest BCUT2D eigenvalue weighted by Crippen LogP contribution is -2.29. The van der Waals surface area contributed by atoms with Crippen molar-refractivity contribution in [3.63, 3.8) is 0 Å². The second kappa shape index (κ2) is 9.23. The van der Waals surface area contributed by atoms with Crippen LogP contribution >= 0.6 is 0 Å². The quantitative estimate of drug-likeness (QED) is 0.524. The third kappa shape index (κ3) is 5.35. The molecule has 2 N–H and O–H groups in total. The summed E-state index contributed by atoms with van der Waals surface area (Å²) in [6.45, 7) is 8.45. The Labute approximate surface area is 105 Å². The fourth-order valence-electron chi connectivity index (χ4n) is 1.86. The van der Waals surface area contributed by atoms with Gasteiger partial charge in [-0.3, -0.25) is 0 Å². The number of rotatable bonds is 8. The summed E-state index contributed by atoms with van der Waals surface area (Å²) < 4.78 is 5.11. The van der Waals surface area contributed by atoms with Crippen LogP contribution in [-0.4, -0.2) is 18.6 Å². The van der Waals surface area contributed by atoms with E-state index >= 15 is 0 Å². The summed E-state index contributed by atoms with van der Waals surface area (Å²) in [7, 11) is 0. The average Bonchev–Trinajstić information content (AvgIpc) is 2.33. The largest absolute Gasteiger partial charge is 0.463 e. The number of carbonyl (C=O) groups excluding carboxylic acids is 1. The summed E-state index contributed by atoms with van der Waals surface area (Å²) in [5.41, 5.74) is 7.92. The molecule has 0 spiro atoms. The Morgan fingerprint density at radius 3 is 2.29 bits per heavy atom. The summed E-state index contributed by atoms with van der Waals surface area (Å²) in [5, 5.41) is 0. The second-order valence-corrected chi connectivity index (χ2v) is 4.21. The van der Waals surface area contributed by atoms with Gasteiger partial charge in [-0.25, -0.2) is 4.79 Å². The maximum Gasteiger partial charge on any atom is 0.335 e. The van der Waals surface area contributed by atoms with Crippen molar-refractivity contribution in [2.45, 2.75) is 65.8 Å². The minimum atomic E-state index is -0.227. The highest BCUT2D eigenvalue weighted by Gasteiger charge is 2.21. The lowest BCUT2D eigenvalue weighted by Gasteiger charge is -2.18. The molecule has 0 saturated carbocycles. The van der Waals surface area contributed by atoms with Gasteiger partial charge < -0.3 is 10.5 Å².